The van der Waals surface area contributed by atoms with E-state index in [0.29, 0.717) is 26.6 Å². The molecule has 0 aliphatic carbocycles. The summed E-state index contributed by atoms with van der Waals surface area (Å²) in [5, 5.41) is 21.0. The Bertz CT molecular complexity index is 1170. The maximum Gasteiger partial charge on any atom is 0.182 e. The van der Waals surface area contributed by atoms with E-state index in [1.54, 1.807) is 28.9 Å². The number of pyridine rings is 1. The van der Waals surface area contributed by atoms with Crippen molar-refractivity contribution < 1.29 is 4.73 Å². The van der Waals surface area contributed by atoms with Crippen molar-refractivity contribution in [3.05, 3.63) is 92.8 Å². The summed E-state index contributed by atoms with van der Waals surface area (Å²) in [6.45, 7) is 1.97. The first-order valence-electron chi connectivity index (χ1n) is 8.69. The van der Waals surface area contributed by atoms with E-state index in [1.165, 1.54) is 12.4 Å². The number of aromatic nitrogens is 3. The van der Waals surface area contributed by atoms with Gasteiger partial charge in [0.05, 0.1) is 22.1 Å². The molecule has 0 saturated heterocycles. The van der Waals surface area contributed by atoms with Crippen LogP contribution >= 0.6 is 34.8 Å². The van der Waals surface area contributed by atoms with Crippen LogP contribution in [-0.2, 0) is 0 Å². The van der Waals surface area contributed by atoms with Gasteiger partial charge in [-0.05, 0) is 37.3 Å². The van der Waals surface area contributed by atoms with Gasteiger partial charge in [0, 0.05) is 33.3 Å². The Hall–Kier alpha value is -2.73. The number of hydrogen-bond donors (Lipinski definition) is 1. The summed E-state index contributed by atoms with van der Waals surface area (Å²) in [6, 6.07) is 16.1. The molecule has 146 valence electrons. The summed E-state index contributed by atoms with van der Waals surface area (Å²) in [6.07, 6.45) is 2.84. The molecule has 0 aliphatic heterocycles. The Morgan fingerprint density at radius 1 is 0.931 bits per heavy atom. The highest BCUT2D eigenvalue weighted by atomic mass is 35.5. The van der Waals surface area contributed by atoms with Crippen LogP contribution in [0, 0.1) is 12.1 Å². The zero-order valence-electron chi connectivity index (χ0n) is 15.2. The third-order valence-electron chi connectivity index (χ3n) is 4.44. The average Bonchev–Trinajstić information content (AvgIpc) is 3.00. The molecule has 0 radical (unpaired) electrons. The largest absolute Gasteiger partial charge is 0.619 e. The fourth-order valence-electron chi connectivity index (χ4n) is 3.02. The highest BCUT2D eigenvalue weighted by molar-refractivity contribution is 6.35. The van der Waals surface area contributed by atoms with Gasteiger partial charge in [-0.2, -0.15) is 4.73 Å². The molecule has 29 heavy (non-hydrogen) atoms. The minimum absolute atomic E-state index is 0.480. The topological polar surface area (TPSA) is 56.8 Å². The molecule has 0 atom stereocenters. The Balaban J connectivity index is 1.88. The summed E-state index contributed by atoms with van der Waals surface area (Å²) in [5.74, 6) is 0.643. The van der Waals surface area contributed by atoms with E-state index in [0.717, 1.165) is 27.2 Å². The van der Waals surface area contributed by atoms with Crippen molar-refractivity contribution in [3.8, 4) is 16.9 Å². The summed E-state index contributed by atoms with van der Waals surface area (Å²) < 4.78 is 2.50. The van der Waals surface area contributed by atoms with Gasteiger partial charge >= 0.3 is 0 Å². The van der Waals surface area contributed by atoms with Crippen LogP contribution in [0.15, 0.2) is 67.0 Å². The van der Waals surface area contributed by atoms with E-state index in [1.807, 2.05) is 37.3 Å². The Morgan fingerprint density at radius 2 is 1.59 bits per heavy atom. The van der Waals surface area contributed by atoms with Crippen LogP contribution in [0.4, 0.5) is 11.5 Å². The van der Waals surface area contributed by atoms with Crippen LogP contribution in [0.2, 0.25) is 15.1 Å². The SMILES string of the molecule is Cc1c(Nc2cc[n+]([O-])cc2)nn(-c2ccc(Cl)cc2Cl)c1-c1ccc(Cl)cc1. The van der Waals surface area contributed by atoms with Crippen LogP contribution in [0.3, 0.4) is 0 Å². The Labute approximate surface area is 182 Å². The fourth-order valence-corrected chi connectivity index (χ4v) is 3.64. The number of anilines is 2. The van der Waals surface area contributed by atoms with Crippen LogP contribution in [0.1, 0.15) is 5.56 Å². The van der Waals surface area contributed by atoms with Crippen LogP contribution < -0.4 is 10.0 Å². The molecular formula is C21H15Cl3N4O. The van der Waals surface area contributed by atoms with Crippen LogP contribution in [0.25, 0.3) is 16.9 Å². The van der Waals surface area contributed by atoms with Crippen LogP contribution in [0.5, 0.6) is 0 Å². The predicted molar refractivity (Wildman–Crippen MR) is 117 cm³/mol. The third kappa shape index (κ3) is 4.03. The Morgan fingerprint density at radius 3 is 2.24 bits per heavy atom. The van der Waals surface area contributed by atoms with Crippen molar-refractivity contribution >= 4 is 46.3 Å². The van der Waals surface area contributed by atoms with Gasteiger partial charge in [0.25, 0.3) is 0 Å². The number of benzene rings is 2. The van der Waals surface area contributed by atoms with Crippen LogP contribution in [-0.4, -0.2) is 9.78 Å². The molecule has 0 unspecified atom stereocenters. The van der Waals surface area contributed by atoms with Gasteiger partial charge in [0.1, 0.15) is 0 Å². The molecule has 4 rings (SSSR count). The second-order valence-electron chi connectivity index (χ2n) is 6.41. The molecule has 0 amide bonds. The third-order valence-corrected chi connectivity index (χ3v) is 5.23. The van der Waals surface area contributed by atoms with Crippen molar-refractivity contribution in [2.75, 3.05) is 5.32 Å². The fraction of sp³-hybridized carbons (Fsp3) is 0.0476. The second kappa shape index (κ2) is 7.95. The number of halogens is 3. The molecule has 0 saturated carbocycles. The number of rotatable bonds is 4. The van der Waals surface area contributed by atoms with Gasteiger partial charge in [0.2, 0.25) is 0 Å². The zero-order chi connectivity index (χ0) is 20.5. The number of nitrogens with zero attached hydrogens (tertiary/aromatic N) is 3. The van der Waals surface area contributed by atoms with Gasteiger partial charge in [-0.25, -0.2) is 4.68 Å². The van der Waals surface area contributed by atoms with Gasteiger partial charge in [-0.15, -0.1) is 5.10 Å². The molecule has 0 fully saturated rings. The van der Waals surface area contributed by atoms with E-state index >= 15 is 0 Å². The molecule has 2 heterocycles. The first kappa shape index (κ1) is 19.6. The van der Waals surface area contributed by atoms with Crippen molar-refractivity contribution in [2.24, 2.45) is 0 Å². The van der Waals surface area contributed by atoms with Gasteiger partial charge < -0.3 is 10.5 Å². The molecule has 5 nitrogen and oxygen atoms in total. The maximum absolute atomic E-state index is 11.3. The normalized spacial score (nSPS) is 10.9. The first-order valence-corrected chi connectivity index (χ1v) is 9.82. The van der Waals surface area contributed by atoms with Crippen molar-refractivity contribution in [1.29, 1.82) is 0 Å². The van der Waals surface area contributed by atoms with Gasteiger partial charge in [-0.1, -0.05) is 46.9 Å². The van der Waals surface area contributed by atoms with E-state index < -0.39 is 0 Å². The molecule has 0 bridgehead atoms. The standard InChI is InChI=1S/C21H15Cl3N4O/c1-13-20(14-2-4-15(22)5-3-14)28(19-7-6-16(23)12-18(19)24)26-21(13)25-17-8-10-27(29)11-9-17/h2-12H,1H3,(H,25,26). The summed E-state index contributed by atoms with van der Waals surface area (Å²) >= 11 is 18.6. The second-order valence-corrected chi connectivity index (χ2v) is 7.69. The monoisotopic (exact) mass is 444 g/mol. The van der Waals surface area contributed by atoms with Crippen molar-refractivity contribution in [1.82, 2.24) is 9.78 Å². The summed E-state index contributed by atoms with van der Waals surface area (Å²) in [5.41, 5.74) is 4.15. The lowest BCUT2D eigenvalue weighted by Gasteiger charge is -2.10. The van der Waals surface area contributed by atoms with E-state index in [4.69, 9.17) is 39.9 Å². The van der Waals surface area contributed by atoms with Crippen molar-refractivity contribution in [3.63, 3.8) is 0 Å². The lowest BCUT2D eigenvalue weighted by Crippen LogP contribution is -2.23. The lowest BCUT2D eigenvalue weighted by molar-refractivity contribution is -0.605. The quantitative estimate of drug-likeness (QED) is 0.301. The predicted octanol–water partition coefficient (Wildman–Crippen LogP) is 6.18. The zero-order valence-corrected chi connectivity index (χ0v) is 17.5. The van der Waals surface area contributed by atoms with E-state index in [2.05, 4.69) is 5.32 Å². The van der Waals surface area contributed by atoms with E-state index in [9.17, 15) is 5.21 Å². The molecule has 0 spiro atoms. The van der Waals surface area contributed by atoms with Gasteiger partial charge in [0.15, 0.2) is 18.2 Å². The summed E-state index contributed by atoms with van der Waals surface area (Å²) in [7, 11) is 0. The smallest absolute Gasteiger partial charge is 0.182 e. The molecule has 2 aromatic heterocycles. The minimum atomic E-state index is 0.480. The summed E-state index contributed by atoms with van der Waals surface area (Å²) in [4.78, 5) is 0. The first-order chi connectivity index (χ1) is 13.9. The van der Waals surface area contributed by atoms with Crippen molar-refractivity contribution in [2.45, 2.75) is 6.92 Å². The number of hydrogen-bond acceptors (Lipinski definition) is 3. The minimum Gasteiger partial charge on any atom is -0.619 e. The highest BCUT2D eigenvalue weighted by Crippen LogP contribution is 2.35. The highest BCUT2D eigenvalue weighted by Gasteiger charge is 2.19. The molecule has 4 aromatic rings. The molecule has 8 heteroatoms. The molecule has 1 N–H and O–H groups in total. The van der Waals surface area contributed by atoms with Gasteiger partial charge in [-0.3, -0.25) is 0 Å². The lowest BCUT2D eigenvalue weighted by atomic mass is 10.1. The maximum atomic E-state index is 11.3. The average molecular weight is 446 g/mol. The molecular weight excluding hydrogens is 431 g/mol. The number of nitrogens with one attached hydrogen (secondary N) is 1. The molecule has 2 aromatic carbocycles. The Kier molecular flexibility index (Phi) is 5.37. The van der Waals surface area contributed by atoms with E-state index in [-0.39, 0.29) is 0 Å². The molecule has 0 aliphatic rings.